The van der Waals surface area contributed by atoms with Gasteiger partial charge in [-0.15, -0.1) is 10.2 Å². The van der Waals surface area contributed by atoms with E-state index in [1.807, 2.05) is 19.9 Å². The molecule has 4 aromatic rings. The first-order valence-corrected chi connectivity index (χ1v) is 9.24. The van der Waals surface area contributed by atoms with Gasteiger partial charge in [0.05, 0.1) is 11.5 Å². The molecule has 30 heavy (non-hydrogen) atoms. The molecular weight excluding hydrogens is 384 g/mol. The third kappa shape index (κ3) is 3.60. The van der Waals surface area contributed by atoms with Crippen molar-refractivity contribution in [2.75, 3.05) is 5.32 Å². The summed E-state index contributed by atoms with van der Waals surface area (Å²) < 4.78 is 1.79. The fourth-order valence-corrected chi connectivity index (χ4v) is 3.32. The summed E-state index contributed by atoms with van der Waals surface area (Å²) in [6, 6.07) is 15.0. The first-order chi connectivity index (χ1) is 14.4. The number of aromatic nitrogens is 4. The van der Waals surface area contributed by atoms with Gasteiger partial charge in [-0.3, -0.25) is 19.3 Å². The average molecular weight is 402 g/mol. The molecule has 0 bridgehead atoms. The topological polar surface area (TPSA) is 115 Å². The van der Waals surface area contributed by atoms with E-state index >= 15 is 0 Å². The molecule has 150 valence electrons. The molecule has 0 aliphatic rings. The van der Waals surface area contributed by atoms with Crippen LogP contribution in [0.15, 0.2) is 54.6 Å². The largest absolute Gasteiger partial charge is 0.372 e. The van der Waals surface area contributed by atoms with Gasteiger partial charge in [0.25, 0.3) is 11.5 Å². The van der Waals surface area contributed by atoms with Crippen molar-refractivity contribution < 1.29 is 9.72 Å². The quantitative estimate of drug-likeness (QED) is 0.298. The fraction of sp³-hybridized carbons (Fsp3) is 0.143. The zero-order valence-electron chi connectivity index (χ0n) is 16.4. The van der Waals surface area contributed by atoms with Crippen LogP contribution in [-0.4, -0.2) is 30.3 Å². The number of carbonyl (C=O) groups excluding carboxylic acids is 1. The fourth-order valence-electron chi connectivity index (χ4n) is 3.32. The van der Waals surface area contributed by atoms with E-state index in [9.17, 15) is 14.9 Å². The molecule has 0 unspecified atom stereocenters. The lowest BCUT2D eigenvalue weighted by atomic mass is 10.0. The summed E-state index contributed by atoms with van der Waals surface area (Å²) >= 11 is 0. The Morgan fingerprint density at radius 3 is 2.57 bits per heavy atom. The van der Waals surface area contributed by atoms with Gasteiger partial charge in [-0.1, -0.05) is 30.3 Å². The Bertz CT molecular complexity index is 1270. The van der Waals surface area contributed by atoms with E-state index in [0.29, 0.717) is 22.9 Å². The predicted molar refractivity (Wildman–Crippen MR) is 111 cm³/mol. The van der Waals surface area contributed by atoms with Crippen LogP contribution in [0.25, 0.3) is 5.78 Å². The summed E-state index contributed by atoms with van der Waals surface area (Å²) in [5, 5.41) is 22.8. The first kappa shape index (κ1) is 19.2. The minimum Gasteiger partial charge on any atom is -0.372 e. The number of anilines is 1. The van der Waals surface area contributed by atoms with Crippen LogP contribution in [-0.2, 0) is 6.54 Å². The summed E-state index contributed by atoms with van der Waals surface area (Å²) in [6.07, 6.45) is 0. The number of nitro groups is 1. The molecule has 0 spiro atoms. The van der Waals surface area contributed by atoms with E-state index in [-0.39, 0.29) is 23.6 Å². The normalized spacial score (nSPS) is 10.9. The highest BCUT2D eigenvalue weighted by Crippen LogP contribution is 2.27. The van der Waals surface area contributed by atoms with Crippen LogP contribution in [0.1, 0.15) is 33.1 Å². The number of carbonyl (C=O) groups is 1. The number of benzene rings is 2. The van der Waals surface area contributed by atoms with Gasteiger partial charge in [0.15, 0.2) is 11.6 Å². The van der Waals surface area contributed by atoms with Gasteiger partial charge in [0.1, 0.15) is 5.69 Å². The maximum absolute atomic E-state index is 12.6. The first-order valence-electron chi connectivity index (χ1n) is 9.24. The van der Waals surface area contributed by atoms with Crippen molar-refractivity contribution in [2.24, 2.45) is 0 Å². The highest BCUT2D eigenvalue weighted by Gasteiger charge is 2.19. The molecule has 2 aromatic heterocycles. The van der Waals surface area contributed by atoms with Gasteiger partial charge in [-0.2, -0.15) is 0 Å². The molecule has 0 fully saturated rings. The molecule has 0 radical (unpaired) electrons. The van der Waals surface area contributed by atoms with Gasteiger partial charge in [0.2, 0.25) is 0 Å². The maximum atomic E-state index is 12.6. The second-order valence-corrected chi connectivity index (χ2v) is 6.83. The molecule has 1 N–H and O–H groups in total. The molecule has 2 heterocycles. The maximum Gasteiger partial charge on any atom is 0.293 e. The lowest BCUT2D eigenvalue weighted by Gasteiger charge is -2.09. The smallest absolute Gasteiger partial charge is 0.293 e. The Labute approximate surface area is 171 Å². The zero-order valence-corrected chi connectivity index (χ0v) is 16.4. The summed E-state index contributed by atoms with van der Waals surface area (Å²) in [7, 11) is 0. The van der Waals surface area contributed by atoms with E-state index in [4.69, 9.17) is 0 Å². The lowest BCUT2D eigenvalue weighted by molar-refractivity contribution is -0.384. The molecule has 0 aliphatic heterocycles. The summed E-state index contributed by atoms with van der Waals surface area (Å²) in [4.78, 5) is 28.0. The number of nitro benzene ring substituents is 1. The van der Waals surface area contributed by atoms with E-state index in [2.05, 4.69) is 20.5 Å². The highest BCUT2D eigenvalue weighted by molar-refractivity contribution is 6.09. The number of hydrogen-bond donors (Lipinski definition) is 1. The predicted octanol–water partition coefficient (Wildman–Crippen LogP) is 3.49. The number of nitrogens with zero attached hydrogens (tertiary/aromatic N) is 5. The lowest BCUT2D eigenvalue weighted by Crippen LogP contribution is -2.09. The summed E-state index contributed by atoms with van der Waals surface area (Å²) in [5.41, 5.74) is 2.58. The van der Waals surface area contributed by atoms with Crippen LogP contribution < -0.4 is 5.32 Å². The second kappa shape index (κ2) is 7.70. The van der Waals surface area contributed by atoms with Gasteiger partial charge >= 0.3 is 0 Å². The van der Waals surface area contributed by atoms with E-state index in [1.165, 1.54) is 12.1 Å². The molecule has 0 saturated heterocycles. The van der Waals surface area contributed by atoms with Crippen molar-refractivity contribution in [1.82, 2.24) is 19.6 Å². The molecule has 0 amide bonds. The van der Waals surface area contributed by atoms with Crippen LogP contribution in [0, 0.1) is 24.0 Å². The van der Waals surface area contributed by atoms with Crippen LogP contribution in [0.4, 0.5) is 11.4 Å². The average Bonchev–Trinajstić information content (AvgIpc) is 3.15. The molecule has 9 heteroatoms. The monoisotopic (exact) mass is 402 g/mol. The second-order valence-electron chi connectivity index (χ2n) is 6.83. The Hall–Kier alpha value is -4.14. The van der Waals surface area contributed by atoms with Crippen molar-refractivity contribution in [3.63, 3.8) is 0 Å². The SMILES string of the molecule is Cc1cc(C)n2c(CNc3ccc(C(=O)c4ccccc4)cc3[N+](=O)[O-])nnc2n1. The van der Waals surface area contributed by atoms with Gasteiger partial charge in [-0.25, -0.2) is 4.98 Å². The van der Waals surface area contributed by atoms with E-state index in [1.54, 1.807) is 40.8 Å². The Kier molecular flexibility index (Phi) is 4.93. The Morgan fingerprint density at radius 2 is 1.83 bits per heavy atom. The van der Waals surface area contributed by atoms with Crippen molar-refractivity contribution in [3.8, 4) is 0 Å². The molecule has 0 aliphatic carbocycles. The minimum absolute atomic E-state index is 0.184. The van der Waals surface area contributed by atoms with Crippen molar-refractivity contribution in [2.45, 2.75) is 20.4 Å². The number of ketones is 1. The number of nitrogens with one attached hydrogen (secondary N) is 1. The molecule has 0 atom stereocenters. The number of fused-ring (bicyclic) bond motifs is 1. The minimum atomic E-state index is -0.512. The Balaban J connectivity index is 1.62. The van der Waals surface area contributed by atoms with Crippen molar-refractivity contribution >= 4 is 22.9 Å². The van der Waals surface area contributed by atoms with Crippen LogP contribution in [0.3, 0.4) is 0 Å². The van der Waals surface area contributed by atoms with Crippen LogP contribution in [0.2, 0.25) is 0 Å². The van der Waals surface area contributed by atoms with Gasteiger partial charge < -0.3 is 5.32 Å². The van der Waals surface area contributed by atoms with Crippen molar-refractivity contribution in [1.29, 1.82) is 0 Å². The third-order valence-electron chi connectivity index (χ3n) is 4.69. The molecule has 9 nitrogen and oxygen atoms in total. The molecular formula is C21H18N6O3. The number of aryl methyl sites for hydroxylation is 2. The number of rotatable bonds is 6. The van der Waals surface area contributed by atoms with Gasteiger partial charge in [-0.05, 0) is 32.0 Å². The van der Waals surface area contributed by atoms with E-state index in [0.717, 1.165) is 11.4 Å². The van der Waals surface area contributed by atoms with E-state index < -0.39 is 4.92 Å². The Morgan fingerprint density at radius 1 is 1.07 bits per heavy atom. The van der Waals surface area contributed by atoms with Crippen LogP contribution in [0.5, 0.6) is 0 Å². The molecule has 2 aromatic carbocycles. The highest BCUT2D eigenvalue weighted by atomic mass is 16.6. The standard InChI is InChI=1S/C21H18N6O3/c1-13-10-14(2)26-19(24-25-21(26)23-13)12-22-17-9-8-16(11-18(17)27(29)30)20(28)15-6-4-3-5-7-15/h3-11,22H,12H2,1-2H3. The zero-order chi connectivity index (χ0) is 21.3. The molecule has 0 saturated carbocycles. The van der Waals surface area contributed by atoms with Crippen LogP contribution >= 0.6 is 0 Å². The van der Waals surface area contributed by atoms with Gasteiger partial charge in [0, 0.05) is 28.6 Å². The third-order valence-corrected chi connectivity index (χ3v) is 4.69. The molecule has 4 rings (SSSR count). The van der Waals surface area contributed by atoms with Crippen molar-refractivity contribution in [3.05, 3.63) is 93.1 Å². The summed E-state index contributed by atoms with van der Waals surface area (Å²) in [5.74, 6) is 0.780. The number of hydrogen-bond acceptors (Lipinski definition) is 7. The summed E-state index contributed by atoms with van der Waals surface area (Å²) in [6.45, 7) is 4.00.